The summed E-state index contributed by atoms with van der Waals surface area (Å²) in [6, 6.07) is 8.75. The Bertz CT molecular complexity index is 690. The van der Waals surface area contributed by atoms with E-state index in [9.17, 15) is 13.2 Å². The highest BCUT2D eigenvalue weighted by Gasteiger charge is 2.30. The van der Waals surface area contributed by atoms with Gasteiger partial charge in [-0.1, -0.05) is 12.1 Å². The number of rotatable bonds is 6. The largest absolute Gasteiger partial charge is 0.490 e. The number of hydrogen-bond acceptors (Lipinski definition) is 3. The van der Waals surface area contributed by atoms with Crippen LogP contribution >= 0.6 is 0 Å². The van der Waals surface area contributed by atoms with Gasteiger partial charge in [0.25, 0.3) is 0 Å². The van der Waals surface area contributed by atoms with Crippen molar-refractivity contribution in [1.29, 1.82) is 0 Å². The predicted molar refractivity (Wildman–Crippen MR) is 89.4 cm³/mol. The first kappa shape index (κ1) is 18.6. The van der Waals surface area contributed by atoms with Crippen molar-refractivity contribution in [2.75, 3.05) is 20.2 Å². The topological polar surface area (TPSA) is 58.5 Å². The van der Waals surface area contributed by atoms with E-state index in [1.54, 1.807) is 37.6 Å². The molecule has 0 atom stereocenters. The number of nitrogens with zero attached hydrogens (tertiary/aromatic N) is 2. The molecule has 2 rings (SSSR count). The maximum atomic E-state index is 12.7. The number of alkyl halides is 3. The molecule has 0 aliphatic heterocycles. The van der Waals surface area contributed by atoms with Crippen LogP contribution in [-0.2, 0) is 12.7 Å². The smallest absolute Gasteiger partial charge is 0.416 e. The van der Waals surface area contributed by atoms with Crippen molar-refractivity contribution >= 4 is 5.96 Å². The third-order valence-corrected chi connectivity index (χ3v) is 3.24. The SMILES string of the molecule is CN=C(NCCOc1cccnc1)NCc1cccc(C(F)(F)F)c1. The van der Waals surface area contributed by atoms with E-state index in [1.807, 2.05) is 0 Å². The van der Waals surface area contributed by atoms with E-state index < -0.39 is 11.7 Å². The summed E-state index contributed by atoms with van der Waals surface area (Å²) in [4.78, 5) is 7.96. The molecule has 0 aliphatic carbocycles. The maximum absolute atomic E-state index is 12.7. The molecule has 0 radical (unpaired) electrons. The van der Waals surface area contributed by atoms with Crippen LogP contribution in [0, 0.1) is 0 Å². The third kappa shape index (κ3) is 6.33. The Hall–Kier alpha value is -2.77. The Morgan fingerprint density at radius 3 is 2.72 bits per heavy atom. The van der Waals surface area contributed by atoms with Crippen molar-refractivity contribution < 1.29 is 17.9 Å². The summed E-state index contributed by atoms with van der Waals surface area (Å²) in [5, 5.41) is 5.99. The lowest BCUT2D eigenvalue weighted by Gasteiger charge is -2.13. The molecule has 0 aliphatic rings. The number of ether oxygens (including phenoxy) is 1. The molecule has 2 aromatic rings. The first-order valence-corrected chi connectivity index (χ1v) is 7.62. The van der Waals surface area contributed by atoms with Gasteiger partial charge in [0, 0.05) is 19.8 Å². The lowest BCUT2D eigenvalue weighted by atomic mass is 10.1. The molecule has 1 aromatic heterocycles. The predicted octanol–water partition coefficient (Wildman–Crippen LogP) is 2.84. The van der Waals surface area contributed by atoms with Gasteiger partial charge in [-0.2, -0.15) is 13.2 Å². The van der Waals surface area contributed by atoms with Gasteiger partial charge in [0.15, 0.2) is 5.96 Å². The zero-order chi connectivity index (χ0) is 18.1. The minimum atomic E-state index is -4.35. The molecule has 0 saturated carbocycles. The third-order valence-electron chi connectivity index (χ3n) is 3.24. The first-order chi connectivity index (χ1) is 12.0. The Labute approximate surface area is 144 Å². The van der Waals surface area contributed by atoms with E-state index in [0.29, 0.717) is 30.4 Å². The summed E-state index contributed by atoms with van der Waals surface area (Å²) in [6.45, 7) is 1.11. The maximum Gasteiger partial charge on any atom is 0.416 e. The van der Waals surface area contributed by atoms with Crippen LogP contribution in [0.15, 0.2) is 53.8 Å². The highest BCUT2D eigenvalue weighted by atomic mass is 19.4. The van der Waals surface area contributed by atoms with Crippen LogP contribution in [0.4, 0.5) is 13.2 Å². The molecule has 134 valence electrons. The quantitative estimate of drug-likeness (QED) is 0.477. The zero-order valence-electron chi connectivity index (χ0n) is 13.7. The van der Waals surface area contributed by atoms with E-state index in [2.05, 4.69) is 20.6 Å². The van der Waals surface area contributed by atoms with Gasteiger partial charge in [-0.25, -0.2) is 0 Å². The van der Waals surface area contributed by atoms with Crippen molar-refractivity contribution in [2.45, 2.75) is 12.7 Å². The number of halogens is 3. The summed E-state index contributed by atoms with van der Waals surface area (Å²) >= 11 is 0. The van der Waals surface area contributed by atoms with E-state index in [0.717, 1.165) is 12.1 Å². The molecule has 0 saturated heterocycles. The zero-order valence-corrected chi connectivity index (χ0v) is 13.7. The second kappa shape index (κ2) is 8.91. The molecular formula is C17H19F3N4O. The van der Waals surface area contributed by atoms with Crippen LogP contribution in [0.5, 0.6) is 5.75 Å². The molecule has 1 aromatic carbocycles. The number of nitrogens with one attached hydrogen (secondary N) is 2. The van der Waals surface area contributed by atoms with E-state index >= 15 is 0 Å². The monoisotopic (exact) mass is 352 g/mol. The second-order valence-corrected chi connectivity index (χ2v) is 5.09. The molecule has 2 N–H and O–H groups in total. The minimum absolute atomic E-state index is 0.229. The van der Waals surface area contributed by atoms with Crippen LogP contribution in [-0.4, -0.2) is 31.1 Å². The number of aromatic nitrogens is 1. The van der Waals surface area contributed by atoms with Gasteiger partial charge in [0.2, 0.25) is 0 Å². The molecule has 0 amide bonds. The Morgan fingerprint density at radius 2 is 2.04 bits per heavy atom. The van der Waals surface area contributed by atoms with E-state index in [4.69, 9.17) is 4.74 Å². The minimum Gasteiger partial charge on any atom is -0.490 e. The molecule has 0 spiro atoms. The Kier molecular flexibility index (Phi) is 6.62. The van der Waals surface area contributed by atoms with Crippen LogP contribution in [0.25, 0.3) is 0 Å². The number of hydrogen-bond donors (Lipinski definition) is 2. The summed E-state index contributed by atoms with van der Waals surface area (Å²) < 4.78 is 43.6. The Balaban J connectivity index is 1.77. The average molecular weight is 352 g/mol. The number of pyridine rings is 1. The van der Waals surface area contributed by atoms with Crippen LogP contribution < -0.4 is 15.4 Å². The van der Waals surface area contributed by atoms with Gasteiger partial charge in [0.05, 0.1) is 18.3 Å². The number of guanidine groups is 1. The normalized spacial score (nSPS) is 11.9. The van der Waals surface area contributed by atoms with Crippen LogP contribution in [0.2, 0.25) is 0 Å². The average Bonchev–Trinajstić information content (AvgIpc) is 2.61. The lowest BCUT2D eigenvalue weighted by molar-refractivity contribution is -0.137. The fraction of sp³-hybridized carbons (Fsp3) is 0.294. The lowest BCUT2D eigenvalue weighted by Crippen LogP contribution is -2.38. The standard InChI is InChI=1S/C17H19F3N4O/c1-21-16(23-8-9-25-15-6-3-7-22-12-15)24-11-13-4-2-5-14(10-13)17(18,19)20/h2-7,10,12H,8-9,11H2,1H3,(H2,21,23,24). The van der Waals surface area contributed by atoms with Gasteiger partial charge < -0.3 is 15.4 Å². The molecule has 8 heteroatoms. The summed E-state index contributed by atoms with van der Waals surface area (Å²) in [5.41, 5.74) is -0.149. The van der Waals surface area contributed by atoms with Crippen LogP contribution in [0.1, 0.15) is 11.1 Å². The van der Waals surface area contributed by atoms with Crippen LogP contribution in [0.3, 0.4) is 0 Å². The summed E-state index contributed by atoms with van der Waals surface area (Å²) in [6.07, 6.45) is -1.08. The molecule has 25 heavy (non-hydrogen) atoms. The van der Waals surface area contributed by atoms with E-state index in [-0.39, 0.29) is 6.54 Å². The molecule has 5 nitrogen and oxygen atoms in total. The van der Waals surface area contributed by atoms with Gasteiger partial charge >= 0.3 is 6.18 Å². The number of aliphatic imine (C=N–C) groups is 1. The number of benzene rings is 1. The highest BCUT2D eigenvalue weighted by Crippen LogP contribution is 2.29. The van der Waals surface area contributed by atoms with Crippen molar-refractivity contribution in [1.82, 2.24) is 15.6 Å². The second-order valence-electron chi connectivity index (χ2n) is 5.09. The fourth-order valence-corrected chi connectivity index (χ4v) is 2.03. The molecule has 0 fully saturated rings. The van der Waals surface area contributed by atoms with Crippen molar-refractivity contribution in [3.05, 3.63) is 59.9 Å². The molecule has 0 bridgehead atoms. The molecule has 0 unspecified atom stereocenters. The van der Waals surface area contributed by atoms with Crippen molar-refractivity contribution in [3.63, 3.8) is 0 Å². The van der Waals surface area contributed by atoms with Gasteiger partial charge in [-0.15, -0.1) is 0 Å². The highest BCUT2D eigenvalue weighted by molar-refractivity contribution is 5.79. The Morgan fingerprint density at radius 1 is 1.20 bits per heavy atom. The van der Waals surface area contributed by atoms with Gasteiger partial charge in [-0.05, 0) is 29.8 Å². The van der Waals surface area contributed by atoms with Crippen molar-refractivity contribution in [3.8, 4) is 5.75 Å². The summed E-state index contributed by atoms with van der Waals surface area (Å²) in [7, 11) is 1.59. The van der Waals surface area contributed by atoms with Gasteiger partial charge in [0.1, 0.15) is 12.4 Å². The fourth-order valence-electron chi connectivity index (χ4n) is 2.03. The first-order valence-electron chi connectivity index (χ1n) is 7.62. The van der Waals surface area contributed by atoms with Gasteiger partial charge in [-0.3, -0.25) is 9.98 Å². The van der Waals surface area contributed by atoms with E-state index in [1.165, 1.54) is 6.07 Å². The molecule has 1 heterocycles. The van der Waals surface area contributed by atoms with Crippen molar-refractivity contribution in [2.24, 2.45) is 4.99 Å². The summed E-state index contributed by atoms with van der Waals surface area (Å²) in [5.74, 6) is 1.14. The molecular weight excluding hydrogens is 333 g/mol.